The van der Waals surface area contributed by atoms with Gasteiger partial charge in [-0.1, -0.05) is 25.1 Å². The van der Waals surface area contributed by atoms with Crippen LogP contribution in [-0.4, -0.2) is 9.78 Å². The summed E-state index contributed by atoms with van der Waals surface area (Å²) in [6.45, 7) is 6.57. The molecule has 18 heavy (non-hydrogen) atoms. The van der Waals surface area contributed by atoms with Crippen LogP contribution in [0, 0.1) is 13.8 Å². The second-order valence-corrected chi connectivity index (χ2v) is 5.52. The highest BCUT2D eigenvalue weighted by molar-refractivity contribution is 5.70. The third-order valence-electron chi connectivity index (χ3n) is 4.32. The van der Waals surface area contributed by atoms with Crippen molar-refractivity contribution in [2.75, 3.05) is 0 Å². The van der Waals surface area contributed by atoms with E-state index >= 15 is 0 Å². The van der Waals surface area contributed by atoms with Crippen LogP contribution in [-0.2, 0) is 13.5 Å². The minimum atomic E-state index is 0.706. The van der Waals surface area contributed by atoms with Crippen LogP contribution in [0.5, 0.6) is 0 Å². The van der Waals surface area contributed by atoms with E-state index in [9.17, 15) is 0 Å². The van der Waals surface area contributed by atoms with Crippen LogP contribution in [0.1, 0.15) is 41.8 Å². The van der Waals surface area contributed by atoms with Crippen molar-refractivity contribution < 1.29 is 0 Å². The number of aromatic nitrogens is 2. The second kappa shape index (κ2) is 3.98. The Labute approximate surface area is 109 Å². The van der Waals surface area contributed by atoms with Crippen LogP contribution >= 0.6 is 0 Å². The molecule has 1 atom stereocenters. The SMILES string of the molecule is Cc1nn(C)c(C)c1-c1ccc2c(c1)C(C)CC2. The Morgan fingerprint density at radius 3 is 2.72 bits per heavy atom. The Bertz CT molecular complexity index is 608. The van der Waals surface area contributed by atoms with Crippen LogP contribution in [0.3, 0.4) is 0 Å². The zero-order valence-corrected chi connectivity index (χ0v) is 11.6. The predicted molar refractivity (Wildman–Crippen MR) is 74.9 cm³/mol. The van der Waals surface area contributed by atoms with Crippen LogP contribution < -0.4 is 0 Å². The molecule has 2 heteroatoms. The first-order valence-electron chi connectivity index (χ1n) is 6.71. The van der Waals surface area contributed by atoms with Gasteiger partial charge < -0.3 is 0 Å². The number of aryl methyl sites for hydroxylation is 3. The molecule has 1 aromatic heterocycles. The summed E-state index contributed by atoms with van der Waals surface area (Å²) in [5.74, 6) is 0.706. The maximum atomic E-state index is 4.52. The lowest BCUT2D eigenvalue weighted by Crippen LogP contribution is -1.93. The third kappa shape index (κ3) is 1.59. The number of hydrogen-bond acceptors (Lipinski definition) is 1. The molecule has 0 saturated carbocycles. The largest absolute Gasteiger partial charge is 0.272 e. The molecule has 1 aromatic carbocycles. The normalized spacial score (nSPS) is 18.1. The van der Waals surface area contributed by atoms with E-state index in [0.717, 1.165) is 5.69 Å². The summed E-state index contributed by atoms with van der Waals surface area (Å²) in [5.41, 5.74) is 8.07. The molecule has 0 radical (unpaired) electrons. The van der Waals surface area contributed by atoms with Crippen molar-refractivity contribution in [1.29, 1.82) is 0 Å². The first kappa shape index (κ1) is 11.5. The van der Waals surface area contributed by atoms with Gasteiger partial charge in [0.25, 0.3) is 0 Å². The summed E-state index contributed by atoms with van der Waals surface area (Å²) in [5, 5.41) is 4.52. The van der Waals surface area contributed by atoms with Gasteiger partial charge in [0.2, 0.25) is 0 Å². The highest BCUT2D eigenvalue weighted by Gasteiger charge is 2.20. The Morgan fingerprint density at radius 1 is 1.28 bits per heavy atom. The van der Waals surface area contributed by atoms with Gasteiger partial charge in [-0.2, -0.15) is 5.10 Å². The molecule has 1 aliphatic rings. The van der Waals surface area contributed by atoms with E-state index in [1.165, 1.54) is 40.8 Å². The summed E-state index contributed by atoms with van der Waals surface area (Å²) < 4.78 is 1.97. The minimum absolute atomic E-state index is 0.706. The molecule has 0 amide bonds. The van der Waals surface area contributed by atoms with E-state index in [4.69, 9.17) is 0 Å². The van der Waals surface area contributed by atoms with Gasteiger partial charge in [0.05, 0.1) is 5.69 Å². The summed E-state index contributed by atoms with van der Waals surface area (Å²) >= 11 is 0. The van der Waals surface area contributed by atoms with Crippen molar-refractivity contribution in [3.63, 3.8) is 0 Å². The van der Waals surface area contributed by atoms with Crippen molar-refractivity contribution in [2.24, 2.45) is 7.05 Å². The van der Waals surface area contributed by atoms with Crippen molar-refractivity contribution in [2.45, 2.75) is 39.5 Å². The first-order valence-corrected chi connectivity index (χ1v) is 6.71. The van der Waals surface area contributed by atoms with Gasteiger partial charge in [0.15, 0.2) is 0 Å². The van der Waals surface area contributed by atoms with Crippen molar-refractivity contribution in [1.82, 2.24) is 9.78 Å². The van der Waals surface area contributed by atoms with Gasteiger partial charge in [0, 0.05) is 18.3 Å². The lowest BCUT2D eigenvalue weighted by Gasteiger charge is -2.08. The highest BCUT2D eigenvalue weighted by Crippen LogP contribution is 2.36. The Hall–Kier alpha value is -1.57. The molecule has 1 unspecified atom stereocenters. The van der Waals surface area contributed by atoms with E-state index in [-0.39, 0.29) is 0 Å². The molecule has 0 saturated heterocycles. The van der Waals surface area contributed by atoms with Gasteiger partial charge in [-0.15, -0.1) is 0 Å². The highest BCUT2D eigenvalue weighted by atomic mass is 15.3. The lowest BCUT2D eigenvalue weighted by atomic mass is 9.96. The summed E-state index contributed by atoms with van der Waals surface area (Å²) in [7, 11) is 2.02. The number of hydrogen-bond donors (Lipinski definition) is 0. The minimum Gasteiger partial charge on any atom is -0.272 e. The number of nitrogens with zero attached hydrogens (tertiary/aromatic N) is 2. The van der Waals surface area contributed by atoms with Gasteiger partial charge in [-0.25, -0.2) is 0 Å². The molecule has 0 N–H and O–H groups in total. The average molecular weight is 240 g/mol. The standard InChI is InChI=1S/C16H20N2/c1-10-5-6-13-7-8-14(9-15(10)13)16-11(2)17-18(4)12(16)3/h7-10H,5-6H2,1-4H3. The first-order chi connectivity index (χ1) is 8.58. The molecular weight excluding hydrogens is 220 g/mol. The fourth-order valence-corrected chi connectivity index (χ4v) is 3.16. The summed E-state index contributed by atoms with van der Waals surface area (Å²) in [6.07, 6.45) is 2.53. The van der Waals surface area contributed by atoms with Crippen molar-refractivity contribution in [3.05, 3.63) is 40.7 Å². The van der Waals surface area contributed by atoms with Crippen molar-refractivity contribution >= 4 is 0 Å². The molecule has 3 rings (SSSR count). The fourth-order valence-electron chi connectivity index (χ4n) is 3.16. The average Bonchev–Trinajstić information content (AvgIpc) is 2.82. The fraction of sp³-hybridized carbons (Fsp3) is 0.438. The molecule has 1 heterocycles. The van der Waals surface area contributed by atoms with Crippen molar-refractivity contribution in [3.8, 4) is 11.1 Å². The van der Waals surface area contributed by atoms with Gasteiger partial charge in [-0.3, -0.25) is 4.68 Å². The number of fused-ring (bicyclic) bond motifs is 1. The van der Waals surface area contributed by atoms with Crippen LogP contribution in [0.25, 0.3) is 11.1 Å². The lowest BCUT2D eigenvalue weighted by molar-refractivity contribution is 0.731. The molecule has 0 fully saturated rings. The van der Waals surface area contributed by atoms with Gasteiger partial charge in [0.1, 0.15) is 0 Å². The molecular formula is C16H20N2. The Kier molecular flexibility index (Phi) is 2.54. The Morgan fingerprint density at radius 2 is 2.06 bits per heavy atom. The van der Waals surface area contributed by atoms with Crippen LogP contribution in [0.15, 0.2) is 18.2 Å². The topological polar surface area (TPSA) is 17.8 Å². The molecule has 0 spiro atoms. The third-order valence-corrected chi connectivity index (χ3v) is 4.32. The van der Waals surface area contributed by atoms with Gasteiger partial charge in [-0.05, 0) is 49.3 Å². The number of benzene rings is 1. The molecule has 0 aliphatic heterocycles. The predicted octanol–water partition coefficient (Wildman–Crippen LogP) is 3.75. The van der Waals surface area contributed by atoms with Gasteiger partial charge >= 0.3 is 0 Å². The molecule has 94 valence electrons. The van der Waals surface area contributed by atoms with E-state index in [1.54, 1.807) is 0 Å². The van der Waals surface area contributed by atoms with E-state index in [2.05, 4.69) is 44.1 Å². The second-order valence-electron chi connectivity index (χ2n) is 5.52. The quantitative estimate of drug-likeness (QED) is 0.742. The van der Waals surface area contributed by atoms with E-state index < -0.39 is 0 Å². The van der Waals surface area contributed by atoms with E-state index in [0.29, 0.717) is 5.92 Å². The Balaban J connectivity index is 2.16. The molecule has 2 aromatic rings. The summed E-state index contributed by atoms with van der Waals surface area (Å²) in [4.78, 5) is 0. The van der Waals surface area contributed by atoms with Crippen LogP contribution in [0.4, 0.5) is 0 Å². The molecule has 1 aliphatic carbocycles. The maximum Gasteiger partial charge on any atom is 0.0674 e. The van der Waals surface area contributed by atoms with E-state index in [1.807, 2.05) is 11.7 Å². The molecule has 0 bridgehead atoms. The summed E-state index contributed by atoms with van der Waals surface area (Å²) in [6, 6.07) is 6.94. The van der Waals surface area contributed by atoms with Crippen LogP contribution in [0.2, 0.25) is 0 Å². The molecule has 2 nitrogen and oxygen atoms in total. The monoisotopic (exact) mass is 240 g/mol. The zero-order chi connectivity index (χ0) is 12.9. The number of rotatable bonds is 1. The zero-order valence-electron chi connectivity index (χ0n) is 11.6. The smallest absolute Gasteiger partial charge is 0.0674 e. The maximum absolute atomic E-state index is 4.52.